The zero-order valence-corrected chi connectivity index (χ0v) is 21.0. The molecular weight excluding hydrogens is 467 g/mol. The maximum atomic E-state index is 14.4. The van der Waals surface area contributed by atoms with Gasteiger partial charge in [-0.05, 0) is 56.0 Å². The van der Waals surface area contributed by atoms with Crippen molar-refractivity contribution in [3.63, 3.8) is 0 Å². The second-order valence-electron chi connectivity index (χ2n) is 9.95. The lowest BCUT2D eigenvalue weighted by atomic mass is 9.95. The molecule has 188 valence electrons. The first-order valence-electron chi connectivity index (χ1n) is 12.7. The second kappa shape index (κ2) is 10.8. The van der Waals surface area contributed by atoms with E-state index in [0.29, 0.717) is 55.9 Å². The van der Waals surface area contributed by atoms with Crippen molar-refractivity contribution in [2.24, 2.45) is 0 Å². The van der Waals surface area contributed by atoms with Gasteiger partial charge < -0.3 is 20.4 Å². The normalized spacial score (nSPS) is 23.9. The highest BCUT2D eigenvalue weighted by Gasteiger charge is 2.36. The number of carbonyl (C=O) groups excluding carboxylic acids is 1. The van der Waals surface area contributed by atoms with Crippen LogP contribution in [0.5, 0.6) is 0 Å². The van der Waals surface area contributed by atoms with E-state index in [2.05, 4.69) is 25.5 Å². The number of halogens is 2. The zero-order valence-electron chi connectivity index (χ0n) is 20.2. The van der Waals surface area contributed by atoms with E-state index in [1.807, 2.05) is 36.1 Å². The van der Waals surface area contributed by atoms with Crippen LogP contribution in [0.3, 0.4) is 0 Å². The molecule has 0 bridgehead atoms. The van der Waals surface area contributed by atoms with Crippen LogP contribution < -0.4 is 15.5 Å². The molecule has 3 atom stereocenters. The molecule has 2 saturated heterocycles. The Morgan fingerprint density at radius 3 is 2.60 bits per heavy atom. The molecule has 1 aliphatic carbocycles. The number of carbonyl (C=O) groups is 1. The van der Waals surface area contributed by atoms with Gasteiger partial charge in [0, 0.05) is 49.4 Å². The smallest absolute Gasteiger partial charge is 0.231 e. The van der Waals surface area contributed by atoms with E-state index in [9.17, 15) is 9.18 Å². The van der Waals surface area contributed by atoms with Gasteiger partial charge in [-0.2, -0.15) is 0 Å². The number of benzene rings is 1. The minimum atomic E-state index is -1.02. The molecule has 0 radical (unpaired) electrons. The van der Waals surface area contributed by atoms with E-state index in [1.165, 1.54) is 6.33 Å². The predicted molar refractivity (Wildman–Crippen MR) is 136 cm³/mol. The Balaban J connectivity index is 1.27. The highest BCUT2D eigenvalue weighted by molar-refractivity contribution is 6.30. The van der Waals surface area contributed by atoms with Gasteiger partial charge in [-0.25, -0.2) is 14.4 Å². The monoisotopic (exact) mass is 500 g/mol. The lowest BCUT2D eigenvalue weighted by Crippen LogP contribution is -2.52. The van der Waals surface area contributed by atoms with Gasteiger partial charge in [-0.1, -0.05) is 30.7 Å². The summed E-state index contributed by atoms with van der Waals surface area (Å²) in [5.74, 6) is 0.811. The van der Waals surface area contributed by atoms with E-state index in [-0.39, 0.29) is 17.7 Å². The number of hydrogen-bond acceptors (Lipinski definition) is 6. The van der Waals surface area contributed by atoms with Gasteiger partial charge in [0.1, 0.15) is 18.3 Å². The van der Waals surface area contributed by atoms with Crippen LogP contribution in [0, 0.1) is 0 Å². The summed E-state index contributed by atoms with van der Waals surface area (Å²) in [6.45, 7) is 7.24. The molecule has 5 rings (SSSR count). The SMILES string of the molecule is C[C@@H]1C[C@@H](F)c2ncnc(N3CCN(C(=O)C(CNC4CCNCC4)c4ccc(Cl)cc4)CC3)c21. The van der Waals surface area contributed by atoms with Gasteiger partial charge >= 0.3 is 0 Å². The summed E-state index contributed by atoms with van der Waals surface area (Å²) < 4.78 is 14.4. The minimum Gasteiger partial charge on any atom is -0.353 e. The Hall–Kier alpha value is -2.29. The van der Waals surface area contributed by atoms with E-state index in [1.54, 1.807) is 0 Å². The largest absolute Gasteiger partial charge is 0.353 e. The summed E-state index contributed by atoms with van der Waals surface area (Å²) in [6, 6.07) is 8.06. The number of nitrogens with one attached hydrogen (secondary N) is 2. The van der Waals surface area contributed by atoms with Crippen molar-refractivity contribution in [1.29, 1.82) is 0 Å². The van der Waals surface area contributed by atoms with E-state index in [0.717, 1.165) is 42.9 Å². The van der Waals surface area contributed by atoms with Crippen LogP contribution in [-0.2, 0) is 4.79 Å². The lowest BCUT2D eigenvalue weighted by molar-refractivity contribution is -0.133. The van der Waals surface area contributed by atoms with Crippen LogP contribution in [0.4, 0.5) is 10.2 Å². The molecule has 1 aromatic carbocycles. The van der Waals surface area contributed by atoms with Gasteiger partial charge in [0.2, 0.25) is 5.91 Å². The average Bonchev–Trinajstić information content (AvgIpc) is 3.19. The third-order valence-corrected chi connectivity index (χ3v) is 7.91. The van der Waals surface area contributed by atoms with E-state index >= 15 is 0 Å². The van der Waals surface area contributed by atoms with Crippen LogP contribution in [0.25, 0.3) is 0 Å². The average molecular weight is 501 g/mol. The van der Waals surface area contributed by atoms with Crippen LogP contribution in [0.1, 0.15) is 61.0 Å². The first kappa shape index (κ1) is 24.4. The van der Waals surface area contributed by atoms with E-state index in [4.69, 9.17) is 11.6 Å². The highest BCUT2D eigenvalue weighted by atomic mass is 35.5. The van der Waals surface area contributed by atoms with Gasteiger partial charge in [-0.15, -0.1) is 0 Å². The topological polar surface area (TPSA) is 73.4 Å². The van der Waals surface area contributed by atoms with Crippen LogP contribution in [0.2, 0.25) is 5.02 Å². The van der Waals surface area contributed by atoms with Crippen LogP contribution >= 0.6 is 11.6 Å². The summed E-state index contributed by atoms with van der Waals surface area (Å²) >= 11 is 6.12. The minimum absolute atomic E-state index is 0.103. The molecule has 2 aromatic rings. The van der Waals surface area contributed by atoms with Crippen molar-refractivity contribution in [3.8, 4) is 0 Å². The van der Waals surface area contributed by atoms with Crippen molar-refractivity contribution >= 4 is 23.3 Å². The Kier molecular flexibility index (Phi) is 7.51. The number of anilines is 1. The van der Waals surface area contributed by atoms with Crippen molar-refractivity contribution in [2.75, 3.05) is 50.7 Å². The summed E-state index contributed by atoms with van der Waals surface area (Å²) in [4.78, 5) is 26.6. The van der Waals surface area contributed by atoms with Crippen molar-refractivity contribution < 1.29 is 9.18 Å². The number of amides is 1. The fourth-order valence-corrected chi connectivity index (χ4v) is 5.75. The van der Waals surface area contributed by atoms with Crippen molar-refractivity contribution in [3.05, 3.63) is 52.4 Å². The fourth-order valence-electron chi connectivity index (χ4n) is 5.63. The predicted octanol–water partition coefficient (Wildman–Crippen LogP) is 3.42. The molecule has 2 N–H and O–H groups in total. The summed E-state index contributed by atoms with van der Waals surface area (Å²) in [7, 11) is 0. The molecule has 2 aliphatic heterocycles. The Bertz CT molecular complexity index is 1020. The fraction of sp³-hybridized carbons (Fsp3) is 0.577. The van der Waals surface area contributed by atoms with Crippen molar-refractivity contribution in [2.45, 2.75) is 50.2 Å². The number of alkyl halides is 1. The zero-order chi connectivity index (χ0) is 24.4. The number of hydrogen-bond donors (Lipinski definition) is 2. The Labute approximate surface area is 211 Å². The van der Waals surface area contributed by atoms with Crippen molar-refractivity contribution in [1.82, 2.24) is 25.5 Å². The number of fused-ring (bicyclic) bond motifs is 1. The van der Waals surface area contributed by atoms with Crippen LogP contribution in [0.15, 0.2) is 30.6 Å². The molecule has 2 fully saturated rings. The second-order valence-corrected chi connectivity index (χ2v) is 10.4. The third kappa shape index (κ3) is 5.29. The summed E-state index contributed by atoms with van der Waals surface area (Å²) in [6.07, 6.45) is 3.06. The van der Waals surface area contributed by atoms with Gasteiger partial charge in [-0.3, -0.25) is 4.79 Å². The standard InChI is InChI=1S/C26H34ClFN6O/c1-17-14-22(28)24-23(17)25(32-16-31-24)33-10-12-34(13-11-33)26(35)21(18-2-4-19(27)5-3-18)15-30-20-6-8-29-9-7-20/h2-5,16-17,20-22,29-30H,6-15H2,1H3/t17-,21?,22-/m1/s1. The highest BCUT2D eigenvalue weighted by Crippen LogP contribution is 2.44. The molecular formula is C26H34ClFN6O. The summed E-state index contributed by atoms with van der Waals surface area (Å²) in [5.41, 5.74) is 2.46. The van der Waals surface area contributed by atoms with Crippen LogP contribution in [-0.4, -0.2) is 72.6 Å². The van der Waals surface area contributed by atoms with E-state index < -0.39 is 6.17 Å². The molecule has 9 heteroatoms. The number of nitrogens with zero attached hydrogens (tertiary/aromatic N) is 4. The molecule has 0 saturated carbocycles. The Morgan fingerprint density at radius 2 is 1.89 bits per heavy atom. The molecule has 1 amide bonds. The third-order valence-electron chi connectivity index (χ3n) is 7.65. The first-order chi connectivity index (χ1) is 17.0. The molecule has 1 unspecified atom stereocenters. The molecule has 35 heavy (non-hydrogen) atoms. The Morgan fingerprint density at radius 1 is 1.17 bits per heavy atom. The lowest BCUT2D eigenvalue weighted by Gasteiger charge is -2.38. The number of rotatable bonds is 6. The molecule has 3 heterocycles. The number of piperidine rings is 1. The van der Waals surface area contributed by atoms with Gasteiger partial charge in [0.15, 0.2) is 0 Å². The first-order valence-corrected chi connectivity index (χ1v) is 13.1. The van der Waals surface area contributed by atoms with Gasteiger partial charge in [0.05, 0.1) is 11.6 Å². The number of piperazine rings is 1. The molecule has 3 aliphatic rings. The quantitative estimate of drug-likeness (QED) is 0.633. The molecule has 7 nitrogen and oxygen atoms in total. The molecule has 0 spiro atoms. The number of aromatic nitrogens is 2. The maximum absolute atomic E-state index is 14.4. The van der Waals surface area contributed by atoms with Gasteiger partial charge in [0.25, 0.3) is 0 Å². The maximum Gasteiger partial charge on any atom is 0.231 e. The summed E-state index contributed by atoms with van der Waals surface area (Å²) in [5, 5.41) is 7.70. The molecule has 1 aromatic heterocycles.